The van der Waals surface area contributed by atoms with Crippen molar-refractivity contribution in [2.24, 2.45) is 0 Å². The lowest BCUT2D eigenvalue weighted by Crippen LogP contribution is -2.08. The lowest BCUT2D eigenvalue weighted by molar-refractivity contribution is 0.414. The Kier molecular flexibility index (Phi) is 3.54. The van der Waals surface area contributed by atoms with Crippen molar-refractivity contribution in [3.63, 3.8) is 0 Å². The molecule has 20 heavy (non-hydrogen) atoms. The van der Waals surface area contributed by atoms with Gasteiger partial charge in [0.2, 0.25) is 0 Å². The second-order valence-corrected chi connectivity index (χ2v) is 5.11. The molecule has 0 spiro atoms. The maximum atomic E-state index is 5.47. The Bertz CT molecular complexity index is 608. The first-order valence-corrected chi connectivity index (χ1v) is 7.00. The molecule has 1 aromatic heterocycles. The molecule has 1 fully saturated rings. The third-order valence-corrected chi connectivity index (χ3v) is 3.98. The van der Waals surface area contributed by atoms with E-state index in [1.165, 1.54) is 24.8 Å². The normalized spacial score (nSPS) is 14.7. The fourth-order valence-electron chi connectivity index (χ4n) is 2.63. The Morgan fingerprint density at radius 1 is 1.25 bits per heavy atom. The summed E-state index contributed by atoms with van der Waals surface area (Å²) >= 11 is 0. The number of anilines is 1. The number of rotatable bonds is 4. The van der Waals surface area contributed by atoms with Gasteiger partial charge in [0.05, 0.1) is 7.11 Å². The van der Waals surface area contributed by atoms with Crippen molar-refractivity contribution in [2.45, 2.75) is 25.2 Å². The van der Waals surface area contributed by atoms with Gasteiger partial charge in [-0.3, -0.25) is 0 Å². The number of hydrogen-bond donors (Lipinski definition) is 1. The minimum atomic E-state index is 0.695. The average molecular weight is 269 g/mol. The van der Waals surface area contributed by atoms with Gasteiger partial charge in [0, 0.05) is 12.6 Å². The Hall–Kier alpha value is -2.10. The van der Waals surface area contributed by atoms with Crippen LogP contribution in [0, 0.1) is 0 Å². The summed E-state index contributed by atoms with van der Waals surface area (Å²) in [6.45, 7) is 0. The second-order valence-electron chi connectivity index (χ2n) is 5.11. The highest BCUT2D eigenvalue weighted by Gasteiger charge is 2.20. The first kappa shape index (κ1) is 12.9. The smallest absolute Gasteiger partial charge is 0.187 e. The minimum absolute atomic E-state index is 0.695. The molecule has 1 aromatic carbocycles. The monoisotopic (exact) mass is 269 g/mol. The predicted octanol–water partition coefficient (Wildman–Crippen LogP) is 3.46. The van der Waals surface area contributed by atoms with E-state index in [0.717, 1.165) is 11.3 Å². The summed E-state index contributed by atoms with van der Waals surface area (Å²) in [6.07, 6.45) is 5.51. The van der Waals surface area contributed by atoms with Gasteiger partial charge in [0.15, 0.2) is 11.6 Å². The molecule has 104 valence electrons. The SMILES string of the molecule is CNc1ncnc(-c2cccc(C3CCC3)c2)c1OC. The maximum absolute atomic E-state index is 5.47. The summed E-state index contributed by atoms with van der Waals surface area (Å²) in [5.41, 5.74) is 3.33. The zero-order valence-corrected chi connectivity index (χ0v) is 11.9. The van der Waals surface area contributed by atoms with Crippen molar-refractivity contribution in [1.29, 1.82) is 0 Å². The fourth-order valence-corrected chi connectivity index (χ4v) is 2.63. The van der Waals surface area contributed by atoms with E-state index >= 15 is 0 Å². The maximum Gasteiger partial charge on any atom is 0.187 e. The van der Waals surface area contributed by atoms with Crippen LogP contribution in [0.15, 0.2) is 30.6 Å². The minimum Gasteiger partial charge on any atom is -0.491 e. The van der Waals surface area contributed by atoms with Gasteiger partial charge in [0.25, 0.3) is 0 Å². The van der Waals surface area contributed by atoms with Crippen molar-refractivity contribution in [3.05, 3.63) is 36.2 Å². The van der Waals surface area contributed by atoms with E-state index in [2.05, 4.69) is 39.6 Å². The largest absolute Gasteiger partial charge is 0.491 e. The molecule has 0 aliphatic heterocycles. The lowest BCUT2D eigenvalue weighted by Gasteiger charge is -2.26. The van der Waals surface area contributed by atoms with Crippen molar-refractivity contribution >= 4 is 5.82 Å². The van der Waals surface area contributed by atoms with Crippen LogP contribution in [0.1, 0.15) is 30.7 Å². The van der Waals surface area contributed by atoms with E-state index in [1.54, 1.807) is 13.4 Å². The van der Waals surface area contributed by atoms with Crippen LogP contribution >= 0.6 is 0 Å². The summed E-state index contributed by atoms with van der Waals surface area (Å²) in [4.78, 5) is 8.59. The Morgan fingerprint density at radius 3 is 2.75 bits per heavy atom. The molecule has 0 bridgehead atoms. The van der Waals surface area contributed by atoms with Crippen LogP contribution in [-0.2, 0) is 0 Å². The van der Waals surface area contributed by atoms with E-state index < -0.39 is 0 Å². The highest BCUT2D eigenvalue weighted by atomic mass is 16.5. The number of hydrogen-bond acceptors (Lipinski definition) is 4. The Labute approximate surface area is 119 Å². The predicted molar refractivity (Wildman–Crippen MR) is 80.2 cm³/mol. The van der Waals surface area contributed by atoms with Crippen LogP contribution in [0.4, 0.5) is 5.82 Å². The van der Waals surface area contributed by atoms with Gasteiger partial charge < -0.3 is 10.1 Å². The summed E-state index contributed by atoms with van der Waals surface area (Å²) in [6, 6.07) is 8.62. The van der Waals surface area contributed by atoms with Crippen LogP contribution in [0.3, 0.4) is 0 Å². The molecule has 1 saturated carbocycles. The molecule has 2 aromatic rings. The van der Waals surface area contributed by atoms with E-state index in [9.17, 15) is 0 Å². The van der Waals surface area contributed by atoms with Gasteiger partial charge >= 0.3 is 0 Å². The first-order chi connectivity index (χ1) is 9.83. The van der Waals surface area contributed by atoms with Crippen molar-refractivity contribution < 1.29 is 4.74 Å². The third kappa shape index (κ3) is 2.22. The summed E-state index contributed by atoms with van der Waals surface area (Å²) in [5, 5.41) is 3.04. The zero-order chi connectivity index (χ0) is 13.9. The molecule has 1 heterocycles. The first-order valence-electron chi connectivity index (χ1n) is 7.00. The molecule has 0 saturated heterocycles. The van der Waals surface area contributed by atoms with Gasteiger partial charge in [-0.15, -0.1) is 0 Å². The van der Waals surface area contributed by atoms with Gasteiger partial charge in [-0.05, 0) is 30.4 Å². The van der Waals surface area contributed by atoms with Gasteiger partial charge in [0.1, 0.15) is 12.0 Å². The van der Waals surface area contributed by atoms with Crippen LogP contribution in [0.5, 0.6) is 5.75 Å². The number of nitrogens with zero attached hydrogens (tertiary/aromatic N) is 2. The van der Waals surface area contributed by atoms with E-state index in [4.69, 9.17) is 4.74 Å². The fraction of sp³-hybridized carbons (Fsp3) is 0.375. The average Bonchev–Trinajstić information content (AvgIpc) is 2.44. The molecular formula is C16H19N3O. The number of nitrogens with one attached hydrogen (secondary N) is 1. The second kappa shape index (κ2) is 5.49. The zero-order valence-electron chi connectivity index (χ0n) is 11.9. The quantitative estimate of drug-likeness (QED) is 0.923. The molecular weight excluding hydrogens is 250 g/mol. The molecule has 4 nitrogen and oxygen atoms in total. The van der Waals surface area contributed by atoms with E-state index in [0.29, 0.717) is 17.5 Å². The number of ether oxygens (including phenoxy) is 1. The molecule has 0 amide bonds. The van der Waals surface area contributed by atoms with Crippen molar-refractivity contribution in [1.82, 2.24) is 9.97 Å². The number of benzene rings is 1. The van der Waals surface area contributed by atoms with Crippen LogP contribution < -0.4 is 10.1 Å². The van der Waals surface area contributed by atoms with Crippen LogP contribution in [-0.4, -0.2) is 24.1 Å². The van der Waals surface area contributed by atoms with Gasteiger partial charge in [-0.2, -0.15) is 0 Å². The molecule has 1 aliphatic carbocycles. The van der Waals surface area contributed by atoms with Crippen molar-refractivity contribution in [2.75, 3.05) is 19.5 Å². The third-order valence-electron chi connectivity index (χ3n) is 3.98. The molecule has 0 unspecified atom stereocenters. The highest BCUT2D eigenvalue weighted by molar-refractivity contribution is 5.72. The summed E-state index contributed by atoms with van der Waals surface area (Å²) in [5.74, 6) is 2.12. The Morgan fingerprint density at radius 2 is 2.10 bits per heavy atom. The topological polar surface area (TPSA) is 47.0 Å². The molecule has 3 rings (SSSR count). The molecule has 4 heteroatoms. The molecule has 1 aliphatic rings. The number of aromatic nitrogens is 2. The van der Waals surface area contributed by atoms with E-state index in [1.807, 2.05) is 7.05 Å². The standard InChI is InChI=1S/C16H19N3O/c1-17-16-15(20-2)14(18-10-19-16)13-8-4-7-12(9-13)11-5-3-6-11/h4,7-11H,3,5-6H2,1-2H3,(H,17,18,19). The highest BCUT2D eigenvalue weighted by Crippen LogP contribution is 2.39. The lowest BCUT2D eigenvalue weighted by atomic mass is 9.79. The molecule has 1 N–H and O–H groups in total. The van der Waals surface area contributed by atoms with Gasteiger partial charge in [-0.25, -0.2) is 9.97 Å². The summed E-state index contributed by atoms with van der Waals surface area (Å²) in [7, 11) is 3.48. The number of methoxy groups -OCH3 is 1. The van der Waals surface area contributed by atoms with Gasteiger partial charge in [-0.1, -0.05) is 24.6 Å². The molecule has 0 radical (unpaired) electrons. The van der Waals surface area contributed by atoms with Crippen LogP contribution in [0.25, 0.3) is 11.3 Å². The Balaban J connectivity index is 2.04. The van der Waals surface area contributed by atoms with Crippen molar-refractivity contribution in [3.8, 4) is 17.0 Å². The molecule has 0 atom stereocenters. The summed E-state index contributed by atoms with van der Waals surface area (Å²) < 4.78 is 5.47. The van der Waals surface area contributed by atoms with E-state index in [-0.39, 0.29) is 0 Å². The van der Waals surface area contributed by atoms with Crippen LogP contribution in [0.2, 0.25) is 0 Å².